The first-order chi connectivity index (χ1) is 19.4. The predicted molar refractivity (Wildman–Crippen MR) is 164 cm³/mol. The third kappa shape index (κ3) is 6.32. The normalized spacial score (nSPS) is 15.1. The number of carbonyl (C=O) groups is 1. The molecule has 0 aliphatic heterocycles. The first-order valence-corrected chi connectivity index (χ1v) is 15.8. The SMILES string of the molecule is Cc1c(Oc2cccc(NS(=O)(=O)N(C)C3CC3)c2Cl)c(C(=O)NC2CC2)c(Nc2ccc(I)cc2F)n(C)c1=O. The first-order valence-electron chi connectivity index (χ1n) is 12.9. The summed E-state index contributed by atoms with van der Waals surface area (Å²) < 4.78 is 52.3. The van der Waals surface area contributed by atoms with Crippen LogP contribution in [0.4, 0.5) is 21.6 Å². The number of nitrogens with one attached hydrogen (secondary N) is 3. The van der Waals surface area contributed by atoms with Crippen LogP contribution in [0.15, 0.2) is 41.2 Å². The average Bonchev–Trinajstić information content (AvgIpc) is 3.84. The lowest BCUT2D eigenvalue weighted by molar-refractivity contribution is 0.0948. The number of anilines is 3. The molecule has 2 aliphatic rings. The summed E-state index contributed by atoms with van der Waals surface area (Å²) in [6.45, 7) is 1.51. The highest BCUT2D eigenvalue weighted by Gasteiger charge is 2.35. The number of pyridine rings is 1. The molecule has 2 aromatic carbocycles. The maximum absolute atomic E-state index is 14.8. The van der Waals surface area contributed by atoms with Crippen molar-refractivity contribution in [3.8, 4) is 11.5 Å². The number of aromatic nitrogens is 1. The van der Waals surface area contributed by atoms with Gasteiger partial charge in [0.25, 0.3) is 11.5 Å². The summed E-state index contributed by atoms with van der Waals surface area (Å²) in [7, 11) is -0.915. The van der Waals surface area contributed by atoms with E-state index in [1.807, 2.05) is 22.6 Å². The van der Waals surface area contributed by atoms with E-state index in [0.29, 0.717) is 3.57 Å². The second kappa shape index (κ2) is 11.4. The number of halogens is 3. The minimum atomic E-state index is -3.88. The summed E-state index contributed by atoms with van der Waals surface area (Å²) in [5, 5.41) is 5.75. The van der Waals surface area contributed by atoms with Gasteiger partial charge < -0.3 is 15.4 Å². The Balaban J connectivity index is 1.59. The molecule has 3 aromatic rings. The van der Waals surface area contributed by atoms with Crippen molar-refractivity contribution in [3.63, 3.8) is 0 Å². The lowest BCUT2D eigenvalue weighted by Crippen LogP contribution is -2.34. The van der Waals surface area contributed by atoms with Crippen molar-refractivity contribution in [1.82, 2.24) is 14.2 Å². The van der Waals surface area contributed by atoms with Crippen LogP contribution in [0.5, 0.6) is 11.5 Å². The van der Waals surface area contributed by atoms with Gasteiger partial charge in [0.2, 0.25) is 0 Å². The van der Waals surface area contributed by atoms with E-state index in [9.17, 15) is 22.4 Å². The van der Waals surface area contributed by atoms with Crippen LogP contribution in [0.2, 0.25) is 5.02 Å². The van der Waals surface area contributed by atoms with Crippen LogP contribution in [0.25, 0.3) is 0 Å². The zero-order chi connectivity index (χ0) is 29.6. The highest BCUT2D eigenvalue weighted by molar-refractivity contribution is 14.1. The molecular formula is C27H28ClFIN5O5S. The fourth-order valence-corrected chi connectivity index (χ4v) is 6.14. The third-order valence-corrected chi connectivity index (χ3v) is 9.54. The molecule has 1 amide bonds. The molecule has 0 radical (unpaired) electrons. The highest BCUT2D eigenvalue weighted by atomic mass is 127. The Hall–Kier alpha value is -2.88. The maximum Gasteiger partial charge on any atom is 0.301 e. The summed E-state index contributed by atoms with van der Waals surface area (Å²) in [4.78, 5) is 26.9. The molecule has 41 heavy (non-hydrogen) atoms. The van der Waals surface area contributed by atoms with Crippen molar-refractivity contribution in [2.24, 2.45) is 7.05 Å². The van der Waals surface area contributed by atoms with Crippen molar-refractivity contribution < 1.29 is 22.3 Å². The van der Waals surface area contributed by atoms with Crippen LogP contribution >= 0.6 is 34.2 Å². The van der Waals surface area contributed by atoms with E-state index in [1.54, 1.807) is 6.07 Å². The Morgan fingerprint density at radius 3 is 2.51 bits per heavy atom. The lowest BCUT2D eigenvalue weighted by Gasteiger charge is -2.22. The molecule has 10 nitrogen and oxygen atoms in total. The van der Waals surface area contributed by atoms with Gasteiger partial charge in [-0.3, -0.25) is 18.9 Å². The maximum atomic E-state index is 14.8. The van der Waals surface area contributed by atoms with Gasteiger partial charge >= 0.3 is 10.2 Å². The minimum Gasteiger partial charge on any atom is -0.454 e. The largest absolute Gasteiger partial charge is 0.454 e. The summed E-state index contributed by atoms with van der Waals surface area (Å²) in [6, 6.07) is 8.95. The molecule has 0 saturated heterocycles. The van der Waals surface area contributed by atoms with Gasteiger partial charge in [0, 0.05) is 29.7 Å². The van der Waals surface area contributed by atoms with Gasteiger partial charge in [-0.2, -0.15) is 12.7 Å². The fraction of sp³-hybridized carbons (Fsp3) is 0.333. The molecular weight excluding hydrogens is 688 g/mol. The van der Waals surface area contributed by atoms with E-state index in [2.05, 4.69) is 15.4 Å². The summed E-state index contributed by atoms with van der Waals surface area (Å²) >= 11 is 8.58. The van der Waals surface area contributed by atoms with Gasteiger partial charge in [0.05, 0.1) is 16.9 Å². The Labute approximate surface area is 255 Å². The third-order valence-electron chi connectivity index (χ3n) is 6.94. The molecule has 3 N–H and O–H groups in total. The molecule has 1 heterocycles. The van der Waals surface area contributed by atoms with E-state index < -0.39 is 27.5 Å². The number of rotatable bonds is 10. The van der Waals surface area contributed by atoms with Crippen LogP contribution in [0, 0.1) is 16.3 Å². The first kappa shape index (κ1) is 29.6. The van der Waals surface area contributed by atoms with Gasteiger partial charge in [-0.05, 0) is 85.5 Å². The smallest absolute Gasteiger partial charge is 0.301 e. The van der Waals surface area contributed by atoms with Crippen LogP contribution in [-0.2, 0) is 17.3 Å². The predicted octanol–water partition coefficient (Wildman–Crippen LogP) is 5.27. The topological polar surface area (TPSA) is 122 Å². The molecule has 2 fully saturated rings. The molecule has 218 valence electrons. The zero-order valence-electron chi connectivity index (χ0n) is 22.4. The second-order valence-electron chi connectivity index (χ2n) is 10.1. The fourth-order valence-electron chi connectivity index (χ4n) is 4.22. The summed E-state index contributed by atoms with van der Waals surface area (Å²) in [5.41, 5.74) is -0.274. The number of hydrogen-bond donors (Lipinski definition) is 3. The van der Waals surface area contributed by atoms with Crippen LogP contribution < -0.4 is 25.7 Å². The monoisotopic (exact) mass is 715 g/mol. The number of hydrogen-bond acceptors (Lipinski definition) is 6. The molecule has 2 aliphatic carbocycles. The molecule has 14 heteroatoms. The van der Waals surface area contributed by atoms with E-state index in [-0.39, 0.29) is 56.9 Å². The molecule has 0 spiro atoms. The molecule has 5 rings (SSSR count). The van der Waals surface area contributed by atoms with E-state index in [4.69, 9.17) is 16.3 Å². The molecule has 2 saturated carbocycles. The minimum absolute atomic E-state index is 0.0177. The number of nitrogens with zero attached hydrogens (tertiary/aromatic N) is 2. The van der Waals surface area contributed by atoms with Crippen molar-refractivity contribution in [2.45, 2.75) is 44.7 Å². The quantitative estimate of drug-likeness (QED) is 0.246. The molecule has 0 unspecified atom stereocenters. The van der Waals surface area contributed by atoms with Gasteiger partial charge in [-0.15, -0.1) is 0 Å². The lowest BCUT2D eigenvalue weighted by atomic mass is 10.1. The van der Waals surface area contributed by atoms with Crippen LogP contribution in [0.1, 0.15) is 41.6 Å². The molecule has 0 atom stereocenters. The number of ether oxygens (including phenoxy) is 1. The van der Waals surface area contributed by atoms with Crippen molar-refractivity contribution in [3.05, 3.63) is 72.3 Å². The zero-order valence-corrected chi connectivity index (χ0v) is 26.2. The Kier molecular flexibility index (Phi) is 8.25. The standard InChI is InChI=1S/C27H28ClFIN5O5S/c1-14-24(40-21-6-4-5-20(23(21)28)33-41(38,39)35(3)17-10-11-17)22(26(36)31-16-8-9-16)25(34(2)27(14)37)32-19-12-7-15(30)13-18(19)29/h4-7,12-13,16-17,32-33H,8-11H2,1-3H3,(H,31,36). The number of amides is 1. The van der Waals surface area contributed by atoms with Crippen LogP contribution in [0.3, 0.4) is 0 Å². The number of benzene rings is 2. The Morgan fingerprint density at radius 2 is 1.88 bits per heavy atom. The van der Waals surface area contributed by atoms with Crippen molar-refractivity contribution in [1.29, 1.82) is 0 Å². The van der Waals surface area contributed by atoms with Gasteiger partial charge in [-0.1, -0.05) is 17.7 Å². The van der Waals surface area contributed by atoms with E-state index >= 15 is 0 Å². The highest BCUT2D eigenvalue weighted by Crippen LogP contribution is 2.40. The summed E-state index contributed by atoms with van der Waals surface area (Å²) in [5.74, 6) is -1.14. The second-order valence-corrected chi connectivity index (χ2v) is 13.5. The van der Waals surface area contributed by atoms with Crippen molar-refractivity contribution >= 4 is 67.5 Å². The van der Waals surface area contributed by atoms with Crippen LogP contribution in [-0.4, -0.2) is 42.3 Å². The van der Waals surface area contributed by atoms with Crippen molar-refractivity contribution in [2.75, 3.05) is 17.1 Å². The van der Waals surface area contributed by atoms with Gasteiger partial charge in [-0.25, -0.2) is 4.39 Å². The Morgan fingerprint density at radius 1 is 1.17 bits per heavy atom. The van der Waals surface area contributed by atoms with Gasteiger partial charge in [0.15, 0.2) is 5.75 Å². The van der Waals surface area contributed by atoms with E-state index in [1.165, 1.54) is 60.2 Å². The van der Waals surface area contributed by atoms with E-state index in [0.717, 1.165) is 25.7 Å². The van der Waals surface area contributed by atoms with Gasteiger partial charge in [0.1, 0.15) is 28.0 Å². The molecule has 1 aromatic heterocycles. The number of carbonyl (C=O) groups excluding carboxylic acids is 1. The Bertz CT molecular complexity index is 1710. The summed E-state index contributed by atoms with van der Waals surface area (Å²) in [6.07, 6.45) is 3.18. The average molecular weight is 716 g/mol. The molecule has 0 bridgehead atoms.